The van der Waals surface area contributed by atoms with Crippen LogP contribution in [0, 0.1) is 0 Å². The van der Waals surface area contributed by atoms with E-state index in [0.29, 0.717) is 19.8 Å². The highest BCUT2D eigenvalue weighted by molar-refractivity contribution is 7.89. The van der Waals surface area contributed by atoms with Crippen molar-refractivity contribution in [3.63, 3.8) is 0 Å². The maximum absolute atomic E-state index is 12.9. The molecule has 1 heterocycles. The molecule has 0 spiro atoms. The summed E-state index contributed by atoms with van der Waals surface area (Å²) in [5.74, 6) is 0.430. The fourth-order valence-electron chi connectivity index (χ4n) is 3.52. The van der Waals surface area contributed by atoms with Gasteiger partial charge < -0.3 is 14.8 Å². The van der Waals surface area contributed by atoms with Gasteiger partial charge in [-0.15, -0.1) is 6.58 Å². The van der Waals surface area contributed by atoms with Crippen molar-refractivity contribution in [1.29, 1.82) is 0 Å². The lowest BCUT2D eigenvalue weighted by atomic mass is 10.0. The summed E-state index contributed by atoms with van der Waals surface area (Å²) in [5, 5.41) is 2.96. The first-order valence-electron chi connectivity index (χ1n) is 10.4. The van der Waals surface area contributed by atoms with Crippen molar-refractivity contribution < 1.29 is 22.7 Å². The first kappa shape index (κ1) is 23.9. The van der Waals surface area contributed by atoms with Crippen LogP contribution in [0.4, 0.5) is 0 Å². The zero-order valence-electron chi connectivity index (χ0n) is 18.1. The van der Waals surface area contributed by atoms with E-state index in [1.165, 1.54) is 18.2 Å². The van der Waals surface area contributed by atoms with Gasteiger partial charge in [0.25, 0.3) is 5.91 Å². The van der Waals surface area contributed by atoms with Gasteiger partial charge in [0.15, 0.2) is 0 Å². The molecule has 1 unspecified atom stereocenters. The average Bonchev–Trinajstić information content (AvgIpc) is 2.84. The number of nitrogens with one attached hydrogen (secondary N) is 2. The Morgan fingerprint density at radius 3 is 2.59 bits per heavy atom. The number of amides is 1. The Morgan fingerprint density at radius 2 is 1.94 bits per heavy atom. The van der Waals surface area contributed by atoms with Gasteiger partial charge in [-0.1, -0.05) is 24.3 Å². The van der Waals surface area contributed by atoms with Crippen LogP contribution in [0.1, 0.15) is 22.0 Å². The number of ether oxygens (including phenoxy) is 2. The monoisotopic (exact) mass is 459 g/mol. The number of rotatable bonds is 10. The van der Waals surface area contributed by atoms with Crippen LogP contribution in [0.2, 0.25) is 0 Å². The van der Waals surface area contributed by atoms with E-state index in [9.17, 15) is 13.2 Å². The summed E-state index contributed by atoms with van der Waals surface area (Å²) in [5.41, 5.74) is 1.33. The number of sulfonamides is 1. The average molecular weight is 460 g/mol. The standard InChI is InChI=1S/C23H29N3O5S/c1-3-11-25-32(28,29)21-6-4-5-19(16-21)23(27)24-17-22(26-12-14-31-15-13-26)18-7-9-20(30-2)10-8-18/h3-10,16,22,25H,1,11-15,17H2,2H3,(H,24,27). The van der Waals surface area contributed by atoms with Gasteiger partial charge in [-0.3, -0.25) is 9.69 Å². The topological polar surface area (TPSA) is 97.0 Å². The Bertz CT molecular complexity index is 1020. The number of hydrogen-bond donors (Lipinski definition) is 2. The van der Waals surface area contributed by atoms with E-state index in [1.54, 1.807) is 19.2 Å². The SMILES string of the molecule is C=CCNS(=O)(=O)c1cccc(C(=O)NCC(c2ccc(OC)cc2)N2CCOCC2)c1. The van der Waals surface area contributed by atoms with E-state index in [1.807, 2.05) is 24.3 Å². The Morgan fingerprint density at radius 1 is 1.22 bits per heavy atom. The van der Waals surface area contributed by atoms with E-state index in [2.05, 4.69) is 21.5 Å². The van der Waals surface area contributed by atoms with Crippen LogP contribution in [0.3, 0.4) is 0 Å². The molecule has 1 aliphatic heterocycles. The second-order valence-electron chi connectivity index (χ2n) is 7.32. The van der Waals surface area contributed by atoms with Crippen LogP contribution in [-0.2, 0) is 14.8 Å². The molecule has 8 nitrogen and oxygen atoms in total. The summed E-state index contributed by atoms with van der Waals surface area (Å²) in [6.07, 6.45) is 1.46. The summed E-state index contributed by atoms with van der Waals surface area (Å²) in [7, 11) is -2.09. The van der Waals surface area contributed by atoms with Crippen LogP contribution in [-0.4, -0.2) is 65.7 Å². The van der Waals surface area contributed by atoms with Gasteiger partial charge in [-0.05, 0) is 35.9 Å². The molecule has 1 amide bonds. The van der Waals surface area contributed by atoms with Crippen LogP contribution >= 0.6 is 0 Å². The summed E-state index contributed by atoms with van der Waals surface area (Å²) < 4.78 is 37.8. The molecule has 2 N–H and O–H groups in total. The minimum absolute atomic E-state index is 0.0342. The first-order valence-corrected chi connectivity index (χ1v) is 11.9. The van der Waals surface area contributed by atoms with Crippen molar-refractivity contribution in [2.24, 2.45) is 0 Å². The van der Waals surface area contributed by atoms with Crippen LogP contribution in [0.15, 0.2) is 66.1 Å². The molecule has 1 aliphatic rings. The van der Waals surface area contributed by atoms with E-state index < -0.39 is 10.0 Å². The van der Waals surface area contributed by atoms with Gasteiger partial charge in [-0.25, -0.2) is 13.1 Å². The molecule has 32 heavy (non-hydrogen) atoms. The molecule has 0 bridgehead atoms. The molecule has 1 saturated heterocycles. The summed E-state index contributed by atoms with van der Waals surface area (Å²) >= 11 is 0. The van der Waals surface area contributed by atoms with E-state index >= 15 is 0 Å². The molecule has 0 aliphatic carbocycles. The number of carbonyl (C=O) groups is 1. The minimum Gasteiger partial charge on any atom is -0.497 e. The molecule has 1 fully saturated rings. The predicted molar refractivity (Wildman–Crippen MR) is 122 cm³/mol. The van der Waals surface area contributed by atoms with Crippen molar-refractivity contribution in [1.82, 2.24) is 14.9 Å². The van der Waals surface area contributed by atoms with Gasteiger partial charge in [-0.2, -0.15) is 0 Å². The van der Waals surface area contributed by atoms with Crippen molar-refractivity contribution in [3.8, 4) is 5.75 Å². The highest BCUT2D eigenvalue weighted by Crippen LogP contribution is 2.24. The second-order valence-corrected chi connectivity index (χ2v) is 9.08. The zero-order chi connectivity index (χ0) is 23.0. The summed E-state index contributed by atoms with van der Waals surface area (Å²) in [6, 6.07) is 13.7. The normalized spacial score (nSPS) is 15.7. The molecule has 0 aromatic heterocycles. The largest absolute Gasteiger partial charge is 0.497 e. The number of benzene rings is 2. The molecule has 172 valence electrons. The van der Waals surface area contributed by atoms with Crippen molar-refractivity contribution in [3.05, 3.63) is 72.3 Å². The van der Waals surface area contributed by atoms with Gasteiger partial charge in [0.2, 0.25) is 10.0 Å². The fourth-order valence-corrected chi connectivity index (χ4v) is 4.56. The lowest BCUT2D eigenvalue weighted by Crippen LogP contribution is -2.43. The second kappa shape index (κ2) is 11.2. The molecule has 0 saturated carbocycles. The van der Waals surface area contributed by atoms with E-state index in [0.717, 1.165) is 24.4 Å². The smallest absolute Gasteiger partial charge is 0.251 e. The maximum Gasteiger partial charge on any atom is 0.251 e. The first-order chi connectivity index (χ1) is 15.4. The molecular formula is C23H29N3O5S. The number of carbonyl (C=O) groups excluding carboxylic acids is 1. The molecule has 3 rings (SSSR count). The fraction of sp³-hybridized carbons (Fsp3) is 0.348. The summed E-state index contributed by atoms with van der Waals surface area (Å²) in [4.78, 5) is 15.2. The molecule has 1 atom stereocenters. The zero-order valence-corrected chi connectivity index (χ0v) is 18.9. The van der Waals surface area contributed by atoms with E-state index in [4.69, 9.17) is 9.47 Å². The Balaban J connectivity index is 1.74. The van der Waals surface area contributed by atoms with Gasteiger partial charge in [0, 0.05) is 31.7 Å². The third-order valence-corrected chi connectivity index (χ3v) is 6.69. The van der Waals surface area contributed by atoms with Crippen LogP contribution < -0.4 is 14.8 Å². The number of hydrogen-bond acceptors (Lipinski definition) is 6. The predicted octanol–water partition coefficient (Wildman–Crippen LogP) is 1.96. The van der Waals surface area contributed by atoms with Crippen molar-refractivity contribution >= 4 is 15.9 Å². The van der Waals surface area contributed by atoms with E-state index in [-0.39, 0.29) is 29.0 Å². The number of morpholine rings is 1. The third kappa shape index (κ3) is 6.17. The van der Waals surface area contributed by atoms with Gasteiger partial charge in [0.1, 0.15) is 5.75 Å². The molecule has 2 aromatic rings. The van der Waals surface area contributed by atoms with Crippen molar-refractivity contribution in [2.45, 2.75) is 10.9 Å². The number of methoxy groups -OCH3 is 1. The summed E-state index contributed by atoms with van der Waals surface area (Å²) in [6.45, 7) is 6.78. The quantitative estimate of drug-likeness (QED) is 0.528. The Hall–Kier alpha value is -2.72. The van der Waals surface area contributed by atoms with Crippen LogP contribution in [0.25, 0.3) is 0 Å². The molecular weight excluding hydrogens is 430 g/mol. The minimum atomic E-state index is -3.71. The highest BCUT2D eigenvalue weighted by Gasteiger charge is 2.24. The van der Waals surface area contributed by atoms with Gasteiger partial charge in [0.05, 0.1) is 31.3 Å². The Labute approximate surface area is 189 Å². The van der Waals surface area contributed by atoms with Gasteiger partial charge >= 0.3 is 0 Å². The molecule has 2 aromatic carbocycles. The van der Waals surface area contributed by atoms with Crippen molar-refractivity contribution in [2.75, 3.05) is 46.5 Å². The highest BCUT2D eigenvalue weighted by atomic mass is 32.2. The number of nitrogens with zero attached hydrogens (tertiary/aromatic N) is 1. The third-order valence-electron chi connectivity index (χ3n) is 5.27. The lowest BCUT2D eigenvalue weighted by molar-refractivity contribution is 0.0162. The maximum atomic E-state index is 12.9. The Kier molecular flexibility index (Phi) is 8.40. The molecule has 0 radical (unpaired) electrons. The lowest BCUT2D eigenvalue weighted by Gasteiger charge is -2.35. The molecule has 9 heteroatoms. The van der Waals surface area contributed by atoms with Crippen LogP contribution in [0.5, 0.6) is 5.75 Å².